The fourth-order valence-corrected chi connectivity index (χ4v) is 2.35. The number of rotatable bonds is 2. The Labute approximate surface area is 108 Å². The molecule has 0 saturated heterocycles. The monoisotopic (exact) mass is 248 g/mol. The van der Waals surface area contributed by atoms with Gasteiger partial charge in [0.15, 0.2) is 0 Å². The molecule has 0 heterocycles. The highest BCUT2D eigenvalue weighted by molar-refractivity contribution is 5.89. The summed E-state index contributed by atoms with van der Waals surface area (Å²) < 4.78 is 5.53. The third-order valence-corrected chi connectivity index (χ3v) is 3.43. The maximum Gasteiger partial charge on any atom is 0.338 e. The summed E-state index contributed by atoms with van der Waals surface area (Å²) in [5, 5.41) is 9.18. The smallest absolute Gasteiger partial charge is 0.338 e. The summed E-state index contributed by atoms with van der Waals surface area (Å²) in [4.78, 5) is 11.9. The van der Waals surface area contributed by atoms with E-state index in [4.69, 9.17) is 4.74 Å². The molecule has 0 atom stereocenters. The molecule has 0 spiro atoms. The second kappa shape index (κ2) is 6.43. The average molecular weight is 248 g/mol. The first kappa shape index (κ1) is 12.9. The molecule has 1 N–H and O–H groups in total. The topological polar surface area (TPSA) is 46.5 Å². The number of hydrogen-bond donors (Lipinski definition) is 1. The molecule has 0 radical (unpaired) electrons. The second-order valence-corrected chi connectivity index (χ2v) is 4.92. The molecule has 18 heavy (non-hydrogen) atoms. The molecule has 0 aromatic heterocycles. The van der Waals surface area contributed by atoms with Crippen molar-refractivity contribution >= 4 is 5.97 Å². The van der Waals surface area contributed by atoms with Crippen LogP contribution < -0.4 is 0 Å². The Bertz CT molecular complexity index is 375. The first-order valence-electron chi connectivity index (χ1n) is 6.76. The van der Waals surface area contributed by atoms with E-state index in [2.05, 4.69) is 0 Å². The molecular formula is C15H20O3. The second-order valence-electron chi connectivity index (χ2n) is 4.92. The lowest BCUT2D eigenvalue weighted by atomic mass is 9.98. The lowest BCUT2D eigenvalue weighted by Gasteiger charge is -2.20. The minimum absolute atomic E-state index is 0.0617. The third kappa shape index (κ3) is 3.76. The zero-order chi connectivity index (χ0) is 12.8. The highest BCUT2D eigenvalue weighted by Crippen LogP contribution is 2.21. The number of esters is 1. The molecule has 0 aliphatic heterocycles. The Morgan fingerprint density at radius 3 is 2.17 bits per heavy atom. The third-order valence-electron chi connectivity index (χ3n) is 3.43. The van der Waals surface area contributed by atoms with E-state index in [1.54, 1.807) is 12.1 Å². The van der Waals surface area contributed by atoms with E-state index in [0.717, 1.165) is 25.7 Å². The normalized spacial score (nSPS) is 17.8. The van der Waals surface area contributed by atoms with E-state index in [1.807, 2.05) is 0 Å². The van der Waals surface area contributed by atoms with Crippen LogP contribution in [0.15, 0.2) is 24.3 Å². The van der Waals surface area contributed by atoms with Crippen LogP contribution in [0, 0.1) is 0 Å². The molecule has 1 aliphatic rings. The lowest BCUT2D eigenvalue weighted by Crippen LogP contribution is -2.19. The quantitative estimate of drug-likeness (QED) is 0.812. The summed E-state index contributed by atoms with van der Waals surface area (Å²) in [6.45, 7) is 0. The van der Waals surface area contributed by atoms with Gasteiger partial charge in [-0.25, -0.2) is 4.79 Å². The van der Waals surface area contributed by atoms with Crippen LogP contribution in [0.5, 0.6) is 5.75 Å². The molecule has 1 aromatic rings. The van der Waals surface area contributed by atoms with Crippen molar-refractivity contribution in [3.63, 3.8) is 0 Å². The molecular weight excluding hydrogens is 228 g/mol. The number of ether oxygens (including phenoxy) is 1. The molecule has 0 unspecified atom stereocenters. The van der Waals surface area contributed by atoms with E-state index in [1.165, 1.54) is 31.4 Å². The van der Waals surface area contributed by atoms with Crippen molar-refractivity contribution in [3.05, 3.63) is 29.8 Å². The summed E-state index contributed by atoms with van der Waals surface area (Å²) in [5.41, 5.74) is 0.509. The predicted molar refractivity (Wildman–Crippen MR) is 69.6 cm³/mol. The number of aromatic hydroxyl groups is 1. The molecule has 1 saturated carbocycles. The molecule has 98 valence electrons. The molecule has 1 aliphatic carbocycles. The lowest BCUT2D eigenvalue weighted by molar-refractivity contribution is 0.0239. The minimum Gasteiger partial charge on any atom is -0.508 e. The van der Waals surface area contributed by atoms with Crippen molar-refractivity contribution in [2.75, 3.05) is 0 Å². The zero-order valence-electron chi connectivity index (χ0n) is 10.6. The van der Waals surface area contributed by atoms with Gasteiger partial charge in [0.2, 0.25) is 0 Å². The van der Waals surface area contributed by atoms with Gasteiger partial charge in [0.1, 0.15) is 11.9 Å². The first-order valence-corrected chi connectivity index (χ1v) is 6.76. The zero-order valence-corrected chi connectivity index (χ0v) is 10.6. The van der Waals surface area contributed by atoms with Crippen LogP contribution in [-0.2, 0) is 4.74 Å². The van der Waals surface area contributed by atoms with Crippen molar-refractivity contribution in [2.45, 2.75) is 51.0 Å². The van der Waals surface area contributed by atoms with Crippen molar-refractivity contribution < 1.29 is 14.6 Å². The number of hydrogen-bond acceptors (Lipinski definition) is 3. The Morgan fingerprint density at radius 2 is 1.56 bits per heavy atom. The fourth-order valence-electron chi connectivity index (χ4n) is 2.35. The highest BCUT2D eigenvalue weighted by Gasteiger charge is 2.17. The molecule has 1 fully saturated rings. The van der Waals surface area contributed by atoms with Crippen LogP contribution in [-0.4, -0.2) is 17.2 Å². The summed E-state index contributed by atoms with van der Waals surface area (Å²) in [7, 11) is 0. The Balaban J connectivity index is 1.91. The van der Waals surface area contributed by atoms with Crippen molar-refractivity contribution in [1.29, 1.82) is 0 Å². The molecule has 3 nitrogen and oxygen atoms in total. The summed E-state index contributed by atoms with van der Waals surface area (Å²) in [6.07, 6.45) is 8.10. The van der Waals surface area contributed by atoms with Gasteiger partial charge in [-0.2, -0.15) is 0 Å². The van der Waals surface area contributed by atoms with E-state index >= 15 is 0 Å². The maximum absolute atomic E-state index is 11.9. The van der Waals surface area contributed by atoms with Gasteiger partial charge in [-0.15, -0.1) is 0 Å². The fraction of sp³-hybridized carbons (Fsp3) is 0.533. The SMILES string of the molecule is O=C(OC1CCCCCCC1)c1ccc(O)cc1. The van der Waals surface area contributed by atoms with Gasteiger partial charge in [-0.1, -0.05) is 19.3 Å². The van der Waals surface area contributed by atoms with Crippen molar-refractivity contribution in [1.82, 2.24) is 0 Å². The molecule has 1 aromatic carbocycles. The van der Waals surface area contributed by atoms with Crippen molar-refractivity contribution in [2.24, 2.45) is 0 Å². The van der Waals surface area contributed by atoms with Gasteiger partial charge >= 0.3 is 5.97 Å². The van der Waals surface area contributed by atoms with E-state index in [-0.39, 0.29) is 17.8 Å². The number of carbonyl (C=O) groups excluding carboxylic acids is 1. The van der Waals surface area contributed by atoms with E-state index in [0.29, 0.717) is 5.56 Å². The molecule has 3 heteroatoms. The van der Waals surface area contributed by atoms with Crippen LogP contribution in [0.25, 0.3) is 0 Å². The molecule has 0 bridgehead atoms. The van der Waals surface area contributed by atoms with Crippen molar-refractivity contribution in [3.8, 4) is 5.75 Å². The average Bonchev–Trinajstić information content (AvgIpc) is 2.33. The molecule has 2 rings (SSSR count). The number of carbonyl (C=O) groups is 1. The predicted octanol–water partition coefficient (Wildman–Crippen LogP) is 3.66. The Hall–Kier alpha value is -1.51. The highest BCUT2D eigenvalue weighted by atomic mass is 16.5. The van der Waals surface area contributed by atoms with Crippen LogP contribution in [0.4, 0.5) is 0 Å². The first-order chi connectivity index (χ1) is 8.75. The van der Waals surface area contributed by atoms with Crippen LogP contribution >= 0.6 is 0 Å². The standard InChI is InChI=1S/C15H20O3/c16-13-10-8-12(9-11-13)15(17)18-14-6-4-2-1-3-5-7-14/h8-11,14,16H,1-7H2. The van der Waals surface area contributed by atoms with E-state index < -0.39 is 0 Å². The minimum atomic E-state index is -0.277. The number of phenolic OH excluding ortho intramolecular Hbond substituents is 1. The summed E-state index contributed by atoms with van der Waals surface area (Å²) in [5.74, 6) is -0.113. The van der Waals surface area contributed by atoms with Gasteiger partial charge in [-0.3, -0.25) is 0 Å². The maximum atomic E-state index is 11.9. The van der Waals surface area contributed by atoms with E-state index in [9.17, 15) is 9.90 Å². The van der Waals surface area contributed by atoms with Gasteiger partial charge in [-0.05, 0) is 49.9 Å². The van der Waals surface area contributed by atoms with Crippen LogP contribution in [0.3, 0.4) is 0 Å². The Morgan fingerprint density at radius 1 is 1.00 bits per heavy atom. The van der Waals surface area contributed by atoms with Crippen LogP contribution in [0.1, 0.15) is 55.3 Å². The Kier molecular flexibility index (Phi) is 4.62. The summed E-state index contributed by atoms with van der Waals surface area (Å²) in [6, 6.07) is 6.21. The molecule has 0 amide bonds. The van der Waals surface area contributed by atoms with Gasteiger partial charge < -0.3 is 9.84 Å². The largest absolute Gasteiger partial charge is 0.508 e. The van der Waals surface area contributed by atoms with Gasteiger partial charge in [0, 0.05) is 0 Å². The summed E-state index contributed by atoms with van der Waals surface area (Å²) >= 11 is 0. The number of benzene rings is 1. The van der Waals surface area contributed by atoms with Gasteiger partial charge in [0.05, 0.1) is 5.56 Å². The van der Waals surface area contributed by atoms with Gasteiger partial charge in [0.25, 0.3) is 0 Å². The number of phenols is 1. The van der Waals surface area contributed by atoms with Crippen LogP contribution in [0.2, 0.25) is 0 Å².